The predicted octanol–water partition coefficient (Wildman–Crippen LogP) is 2.70. The van der Waals surface area contributed by atoms with Crippen LogP contribution in [0.4, 0.5) is 0 Å². The third kappa shape index (κ3) is 2.55. The molecule has 0 aliphatic heterocycles. The van der Waals surface area contributed by atoms with Crippen molar-refractivity contribution in [2.45, 2.75) is 25.5 Å². The van der Waals surface area contributed by atoms with E-state index in [9.17, 15) is 5.11 Å². The zero-order valence-corrected chi connectivity index (χ0v) is 10.5. The van der Waals surface area contributed by atoms with Crippen LogP contribution < -0.4 is 5.32 Å². The van der Waals surface area contributed by atoms with Crippen LogP contribution in [-0.4, -0.2) is 17.8 Å². The molecule has 2 aromatic carbocycles. The highest BCUT2D eigenvalue weighted by molar-refractivity contribution is 5.85. The number of aliphatic hydroxyl groups excluding tert-OH is 1. The second-order valence-corrected chi connectivity index (χ2v) is 5.17. The number of rotatable bonds is 5. The molecule has 1 aliphatic rings. The molecule has 1 fully saturated rings. The van der Waals surface area contributed by atoms with Gasteiger partial charge < -0.3 is 10.4 Å². The minimum absolute atomic E-state index is 0.167. The second-order valence-electron chi connectivity index (χ2n) is 5.17. The minimum atomic E-state index is -0.167. The summed E-state index contributed by atoms with van der Waals surface area (Å²) in [4.78, 5) is 0. The van der Waals surface area contributed by atoms with Gasteiger partial charge in [0.2, 0.25) is 0 Å². The van der Waals surface area contributed by atoms with E-state index in [4.69, 9.17) is 0 Å². The summed E-state index contributed by atoms with van der Waals surface area (Å²) in [5, 5.41) is 15.8. The van der Waals surface area contributed by atoms with Crippen molar-refractivity contribution in [3.05, 3.63) is 48.0 Å². The van der Waals surface area contributed by atoms with Gasteiger partial charge in [-0.05, 0) is 35.1 Å². The first-order valence-corrected chi connectivity index (χ1v) is 6.70. The fraction of sp³-hybridized carbons (Fsp3) is 0.375. The normalized spacial score (nSPS) is 16.9. The van der Waals surface area contributed by atoms with Crippen LogP contribution in [0.1, 0.15) is 18.4 Å². The van der Waals surface area contributed by atoms with E-state index in [0.29, 0.717) is 12.5 Å². The number of nitrogens with one attached hydrogen (secondary N) is 1. The first-order chi connectivity index (χ1) is 8.84. The lowest BCUT2D eigenvalue weighted by Crippen LogP contribution is -2.27. The van der Waals surface area contributed by atoms with Gasteiger partial charge in [-0.1, -0.05) is 42.5 Å². The maximum atomic E-state index is 9.82. The van der Waals surface area contributed by atoms with Gasteiger partial charge in [-0.15, -0.1) is 0 Å². The van der Waals surface area contributed by atoms with Crippen molar-refractivity contribution < 1.29 is 5.11 Å². The molecule has 2 heteroatoms. The van der Waals surface area contributed by atoms with E-state index < -0.39 is 0 Å². The summed E-state index contributed by atoms with van der Waals surface area (Å²) in [5.74, 6) is 0.546. The maximum Gasteiger partial charge on any atom is 0.0692 e. The van der Waals surface area contributed by atoms with E-state index in [0.717, 1.165) is 6.54 Å². The molecule has 94 valence electrons. The van der Waals surface area contributed by atoms with E-state index in [1.807, 2.05) is 0 Å². The maximum absolute atomic E-state index is 9.82. The molecule has 3 rings (SSSR count). The SMILES string of the molecule is OC(CNCc1cccc2ccccc12)C1CC1. The van der Waals surface area contributed by atoms with Gasteiger partial charge in [-0.2, -0.15) is 0 Å². The third-order valence-electron chi connectivity index (χ3n) is 3.72. The van der Waals surface area contributed by atoms with Gasteiger partial charge in [0.25, 0.3) is 0 Å². The van der Waals surface area contributed by atoms with Crippen LogP contribution in [0.25, 0.3) is 10.8 Å². The Morgan fingerprint density at radius 3 is 2.72 bits per heavy atom. The number of fused-ring (bicyclic) bond motifs is 1. The molecule has 1 saturated carbocycles. The van der Waals surface area contributed by atoms with Crippen LogP contribution in [0.3, 0.4) is 0 Å². The van der Waals surface area contributed by atoms with Crippen molar-refractivity contribution in [1.82, 2.24) is 5.32 Å². The quantitative estimate of drug-likeness (QED) is 0.843. The van der Waals surface area contributed by atoms with Crippen LogP contribution in [0, 0.1) is 5.92 Å². The van der Waals surface area contributed by atoms with Crippen LogP contribution >= 0.6 is 0 Å². The van der Waals surface area contributed by atoms with Crippen molar-refractivity contribution >= 4 is 10.8 Å². The van der Waals surface area contributed by atoms with Gasteiger partial charge in [0, 0.05) is 13.1 Å². The lowest BCUT2D eigenvalue weighted by molar-refractivity contribution is 0.148. The van der Waals surface area contributed by atoms with Gasteiger partial charge in [-0.3, -0.25) is 0 Å². The van der Waals surface area contributed by atoms with Crippen molar-refractivity contribution in [3.8, 4) is 0 Å². The second kappa shape index (κ2) is 5.09. The fourth-order valence-corrected chi connectivity index (χ4v) is 2.45. The largest absolute Gasteiger partial charge is 0.392 e. The molecule has 0 amide bonds. The van der Waals surface area contributed by atoms with E-state index in [2.05, 4.69) is 47.8 Å². The van der Waals surface area contributed by atoms with E-state index in [-0.39, 0.29) is 6.10 Å². The Morgan fingerprint density at radius 1 is 1.11 bits per heavy atom. The summed E-state index contributed by atoms with van der Waals surface area (Å²) in [6, 6.07) is 14.8. The predicted molar refractivity (Wildman–Crippen MR) is 74.4 cm³/mol. The molecule has 2 N–H and O–H groups in total. The van der Waals surface area contributed by atoms with Crippen LogP contribution in [0.2, 0.25) is 0 Å². The third-order valence-corrected chi connectivity index (χ3v) is 3.72. The Hall–Kier alpha value is -1.38. The summed E-state index contributed by atoms with van der Waals surface area (Å²) in [6.07, 6.45) is 2.22. The zero-order chi connectivity index (χ0) is 12.4. The Labute approximate surface area is 108 Å². The summed E-state index contributed by atoms with van der Waals surface area (Å²) < 4.78 is 0. The minimum Gasteiger partial charge on any atom is -0.392 e. The molecular formula is C16H19NO. The molecule has 0 spiro atoms. The van der Waals surface area contributed by atoms with Gasteiger partial charge >= 0.3 is 0 Å². The molecule has 0 saturated heterocycles. The highest BCUT2D eigenvalue weighted by Gasteiger charge is 2.29. The summed E-state index contributed by atoms with van der Waals surface area (Å²) >= 11 is 0. The molecular weight excluding hydrogens is 222 g/mol. The zero-order valence-electron chi connectivity index (χ0n) is 10.5. The van der Waals surface area contributed by atoms with Crippen LogP contribution in [0.5, 0.6) is 0 Å². The van der Waals surface area contributed by atoms with Gasteiger partial charge in [0.05, 0.1) is 6.10 Å². The Balaban J connectivity index is 1.66. The topological polar surface area (TPSA) is 32.3 Å². The molecule has 1 aliphatic carbocycles. The fourth-order valence-electron chi connectivity index (χ4n) is 2.45. The van der Waals surface area contributed by atoms with Gasteiger partial charge in [-0.25, -0.2) is 0 Å². The molecule has 0 radical (unpaired) electrons. The lowest BCUT2D eigenvalue weighted by Gasteiger charge is -2.12. The van der Waals surface area contributed by atoms with Crippen LogP contribution in [0.15, 0.2) is 42.5 Å². The first-order valence-electron chi connectivity index (χ1n) is 6.70. The van der Waals surface area contributed by atoms with E-state index in [1.165, 1.54) is 29.2 Å². The summed E-state index contributed by atoms with van der Waals surface area (Å²) in [6.45, 7) is 1.53. The van der Waals surface area contributed by atoms with Gasteiger partial charge in [0.15, 0.2) is 0 Å². The van der Waals surface area contributed by atoms with Crippen molar-refractivity contribution in [2.24, 2.45) is 5.92 Å². The smallest absolute Gasteiger partial charge is 0.0692 e. The monoisotopic (exact) mass is 241 g/mol. The molecule has 0 heterocycles. The van der Waals surface area contributed by atoms with Gasteiger partial charge in [0.1, 0.15) is 0 Å². The molecule has 1 unspecified atom stereocenters. The van der Waals surface area contributed by atoms with Crippen molar-refractivity contribution in [2.75, 3.05) is 6.54 Å². The molecule has 2 aromatic rings. The molecule has 1 atom stereocenters. The molecule has 18 heavy (non-hydrogen) atoms. The number of hydrogen-bond acceptors (Lipinski definition) is 2. The molecule has 0 bridgehead atoms. The Bertz CT molecular complexity index is 528. The van der Waals surface area contributed by atoms with Crippen molar-refractivity contribution in [1.29, 1.82) is 0 Å². The highest BCUT2D eigenvalue weighted by Crippen LogP contribution is 2.32. The standard InChI is InChI=1S/C16H19NO/c18-16(13-8-9-13)11-17-10-14-6-3-5-12-4-1-2-7-15(12)14/h1-7,13,16-18H,8-11H2. The summed E-state index contributed by atoms with van der Waals surface area (Å²) in [7, 11) is 0. The van der Waals surface area contributed by atoms with E-state index >= 15 is 0 Å². The summed E-state index contributed by atoms with van der Waals surface area (Å²) in [5.41, 5.74) is 1.30. The average Bonchev–Trinajstić information content (AvgIpc) is 3.23. The molecule has 0 aromatic heterocycles. The first kappa shape index (κ1) is 11.7. The van der Waals surface area contributed by atoms with E-state index in [1.54, 1.807) is 0 Å². The number of hydrogen-bond donors (Lipinski definition) is 2. The Morgan fingerprint density at radius 2 is 1.89 bits per heavy atom. The average molecular weight is 241 g/mol. The van der Waals surface area contributed by atoms with Crippen molar-refractivity contribution in [3.63, 3.8) is 0 Å². The number of benzene rings is 2. The lowest BCUT2D eigenvalue weighted by atomic mass is 10.0. The number of aliphatic hydroxyl groups is 1. The molecule has 2 nitrogen and oxygen atoms in total. The Kier molecular flexibility index (Phi) is 3.31. The van der Waals surface area contributed by atoms with Crippen LogP contribution in [-0.2, 0) is 6.54 Å². The highest BCUT2D eigenvalue weighted by atomic mass is 16.3.